The van der Waals surface area contributed by atoms with Gasteiger partial charge in [-0.15, -0.1) is 0 Å². The van der Waals surface area contributed by atoms with Crippen molar-refractivity contribution in [2.75, 3.05) is 7.11 Å². The maximum Gasteiger partial charge on any atom is 0.677 e. The number of esters is 1. The lowest BCUT2D eigenvalue weighted by molar-refractivity contribution is -0.142. The van der Waals surface area contributed by atoms with Crippen LogP contribution < -0.4 is 0 Å². The molecule has 0 aliphatic rings. The molecule has 128 valence electrons. The number of methoxy groups -OCH3 is 1. The van der Waals surface area contributed by atoms with Crippen LogP contribution in [0, 0.1) is 5.92 Å². The van der Waals surface area contributed by atoms with E-state index in [2.05, 4.69) is 9.98 Å². The Labute approximate surface area is 139 Å². The molecule has 0 radical (unpaired) electrons. The summed E-state index contributed by atoms with van der Waals surface area (Å²) in [5.74, 6) is -0.285. The van der Waals surface area contributed by atoms with E-state index in [-0.39, 0.29) is 11.6 Å². The lowest BCUT2D eigenvalue weighted by Gasteiger charge is -2.16. The normalized spacial score (nSPS) is 13.2. The molecule has 24 heavy (non-hydrogen) atoms. The van der Waals surface area contributed by atoms with Gasteiger partial charge in [-0.2, -0.15) is 0 Å². The zero-order valence-electron chi connectivity index (χ0n) is 13.9. The highest BCUT2D eigenvalue weighted by molar-refractivity contribution is 6.42. The van der Waals surface area contributed by atoms with Crippen molar-refractivity contribution in [3.63, 3.8) is 0 Å². The Balaban J connectivity index is 2.53. The maximum absolute atomic E-state index is 13.2. The van der Waals surface area contributed by atoms with Crippen molar-refractivity contribution in [1.82, 2.24) is 9.46 Å². The molecule has 1 unspecified atom stereocenters. The third-order valence-electron chi connectivity index (χ3n) is 3.54. The molecular weight excluding hydrogens is 315 g/mol. The van der Waals surface area contributed by atoms with Gasteiger partial charge in [-0.3, -0.25) is 13.6 Å². The molecule has 8 heteroatoms. The minimum absolute atomic E-state index is 0.199. The predicted octanol–water partition coefficient (Wildman–Crippen LogP) is 3.01. The second-order valence-corrected chi connectivity index (χ2v) is 5.81. The summed E-state index contributed by atoms with van der Waals surface area (Å²) >= 11 is 0. The van der Waals surface area contributed by atoms with E-state index in [0.717, 1.165) is 4.48 Å². The third kappa shape index (κ3) is 4.12. The molecule has 0 spiro atoms. The molecule has 0 bridgehead atoms. The second-order valence-electron chi connectivity index (χ2n) is 5.81. The van der Waals surface area contributed by atoms with Gasteiger partial charge in [0.1, 0.15) is 11.8 Å². The van der Waals surface area contributed by atoms with E-state index in [0.29, 0.717) is 17.8 Å². The number of aromatic nitrogens is 2. The molecule has 2 aromatic rings. The van der Waals surface area contributed by atoms with Crippen molar-refractivity contribution in [3.8, 4) is 0 Å². The van der Waals surface area contributed by atoms with E-state index in [1.165, 1.54) is 19.4 Å². The van der Waals surface area contributed by atoms with E-state index in [9.17, 15) is 13.4 Å². The fourth-order valence-electron chi connectivity index (χ4n) is 2.46. The van der Waals surface area contributed by atoms with Gasteiger partial charge in [0, 0.05) is 6.20 Å². The molecule has 5 nitrogen and oxygen atoms in total. The summed E-state index contributed by atoms with van der Waals surface area (Å²) in [6.07, 6.45) is 3.43. The van der Waals surface area contributed by atoms with Crippen molar-refractivity contribution in [2.24, 2.45) is 10.9 Å². The number of halogens is 2. The van der Waals surface area contributed by atoms with Gasteiger partial charge in [-0.25, -0.2) is 4.79 Å². The fourth-order valence-corrected chi connectivity index (χ4v) is 2.46. The minimum atomic E-state index is -2.70. The average Bonchev–Trinajstić information content (AvgIpc) is 3.21. The van der Waals surface area contributed by atoms with Crippen LogP contribution in [-0.2, 0) is 9.53 Å². The largest absolute Gasteiger partial charge is 0.677 e. The van der Waals surface area contributed by atoms with E-state index in [4.69, 9.17) is 4.74 Å². The molecule has 2 rings (SSSR count). The number of ether oxygens (including phenoxy) is 1. The zero-order valence-corrected chi connectivity index (χ0v) is 13.9. The van der Waals surface area contributed by atoms with Crippen LogP contribution >= 0.6 is 0 Å². The van der Waals surface area contributed by atoms with Gasteiger partial charge >= 0.3 is 13.4 Å². The molecule has 0 aromatic carbocycles. The van der Waals surface area contributed by atoms with Crippen LogP contribution in [0.1, 0.15) is 31.7 Å². The van der Waals surface area contributed by atoms with E-state index >= 15 is 0 Å². The predicted molar refractivity (Wildman–Crippen MR) is 89.5 cm³/mol. The lowest BCUT2D eigenvalue weighted by atomic mass is 10.0. The summed E-state index contributed by atoms with van der Waals surface area (Å²) in [6, 6.07) is 5.79. The van der Waals surface area contributed by atoms with Crippen LogP contribution in [-0.4, -0.2) is 41.7 Å². The number of carbonyl (C=O) groups excluding carboxylic acids is 1. The van der Waals surface area contributed by atoms with Gasteiger partial charge in [0.05, 0.1) is 18.5 Å². The summed E-state index contributed by atoms with van der Waals surface area (Å²) in [7, 11) is -1.40. The Kier molecular flexibility index (Phi) is 5.95. The SMILES string of the molecule is COC(=O)C(CC(C)C)N=C(c1ccc[nH]1)c1cccn1B(F)F. The van der Waals surface area contributed by atoms with Crippen LogP contribution in [0.4, 0.5) is 8.63 Å². The van der Waals surface area contributed by atoms with Gasteiger partial charge in [0.2, 0.25) is 0 Å². The zero-order chi connectivity index (χ0) is 17.7. The Bertz CT molecular complexity index is 696. The van der Waals surface area contributed by atoms with Gasteiger partial charge in [-0.1, -0.05) is 13.8 Å². The fraction of sp³-hybridized carbons (Fsp3) is 0.375. The Morgan fingerprint density at radius 3 is 2.67 bits per heavy atom. The molecule has 1 atom stereocenters. The van der Waals surface area contributed by atoms with Gasteiger partial charge in [0.15, 0.2) is 0 Å². The van der Waals surface area contributed by atoms with Crippen LogP contribution in [0.25, 0.3) is 0 Å². The van der Waals surface area contributed by atoms with E-state index < -0.39 is 19.4 Å². The number of rotatable bonds is 7. The highest BCUT2D eigenvalue weighted by atomic mass is 19.2. The molecule has 0 saturated heterocycles. The lowest BCUT2D eigenvalue weighted by Crippen LogP contribution is -2.26. The maximum atomic E-state index is 13.2. The Morgan fingerprint density at radius 2 is 2.12 bits per heavy atom. The van der Waals surface area contributed by atoms with Crippen LogP contribution in [0.3, 0.4) is 0 Å². The molecule has 2 heterocycles. The molecule has 1 N–H and O–H groups in total. The summed E-state index contributed by atoms with van der Waals surface area (Å²) < 4.78 is 32.1. The summed E-state index contributed by atoms with van der Waals surface area (Å²) in [5, 5.41) is 0. The number of carbonyl (C=O) groups is 1. The van der Waals surface area contributed by atoms with Crippen LogP contribution in [0.15, 0.2) is 41.7 Å². The first-order chi connectivity index (χ1) is 11.4. The quantitative estimate of drug-likeness (QED) is 0.480. The van der Waals surface area contributed by atoms with E-state index in [1.54, 1.807) is 24.4 Å². The summed E-state index contributed by atoms with van der Waals surface area (Å²) in [6.45, 7) is 3.92. The van der Waals surface area contributed by atoms with Crippen LogP contribution in [0.5, 0.6) is 0 Å². The van der Waals surface area contributed by atoms with Crippen molar-refractivity contribution in [2.45, 2.75) is 26.3 Å². The van der Waals surface area contributed by atoms with Crippen molar-refractivity contribution in [1.29, 1.82) is 0 Å². The molecular formula is C16H20BF2N3O2. The monoisotopic (exact) mass is 335 g/mol. The third-order valence-corrected chi connectivity index (χ3v) is 3.54. The van der Waals surface area contributed by atoms with Crippen molar-refractivity contribution < 1.29 is 18.2 Å². The molecule has 0 fully saturated rings. The average molecular weight is 335 g/mol. The van der Waals surface area contributed by atoms with Gasteiger partial charge < -0.3 is 14.2 Å². The first kappa shape index (κ1) is 18.0. The van der Waals surface area contributed by atoms with Crippen molar-refractivity contribution in [3.05, 3.63) is 48.0 Å². The molecule has 2 aromatic heterocycles. The van der Waals surface area contributed by atoms with Gasteiger partial charge in [0.25, 0.3) is 0 Å². The first-order valence-electron chi connectivity index (χ1n) is 7.68. The highest BCUT2D eigenvalue weighted by Gasteiger charge is 2.26. The van der Waals surface area contributed by atoms with Crippen molar-refractivity contribution >= 4 is 19.1 Å². The Morgan fingerprint density at radius 1 is 1.38 bits per heavy atom. The number of H-pyrrole nitrogens is 1. The summed E-state index contributed by atoms with van der Waals surface area (Å²) in [4.78, 5) is 19.5. The second kappa shape index (κ2) is 7.94. The highest BCUT2D eigenvalue weighted by Crippen LogP contribution is 2.17. The number of aliphatic imine (C=N–C) groups is 1. The molecule has 0 aliphatic heterocycles. The Hall–Kier alpha value is -2.38. The molecule has 0 saturated carbocycles. The van der Waals surface area contributed by atoms with Crippen LogP contribution in [0.2, 0.25) is 0 Å². The molecule has 0 aliphatic carbocycles. The topological polar surface area (TPSA) is 59.4 Å². The number of aromatic amines is 1. The van der Waals surface area contributed by atoms with E-state index in [1.807, 2.05) is 13.8 Å². The first-order valence-corrected chi connectivity index (χ1v) is 7.68. The number of nitrogens with one attached hydrogen (secondary N) is 1. The summed E-state index contributed by atoms with van der Waals surface area (Å²) in [5.41, 5.74) is 1.11. The minimum Gasteiger partial charge on any atom is -0.467 e. The van der Waals surface area contributed by atoms with Gasteiger partial charge in [-0.05, 0) is 42.8 Å². The number of nitrogens with zero attached hydrogens (tertiary/aromatic N) is 2. The standard InChI is InChI=1S/C16H20BF2N3O2/c1-11(2)10-13(16(23)24-3)21-15(12-6-4-8-20-12)14-7-5-9-22(14)17(18)19/h4-9,11,13,20H,10H2,1-3H3. The number of hydrogen-bond acceptors (Lipinski definition) is 3. The smallest absolute Gasteiger partial charge is 0.467 e. The molecule has 0 amide bonds. The number of hydrogen-bond donors (Lipinski definition) is 1.